The molecule has 0 bridgehead atoms. The second-order valence-electron chi connectivity index (χ2n) is 9.33. The summed E-state index contributed by atoms with van der Waals surface area (Å²) in [6.07, 6.45) is 8.72. The first-order chi connectivity index (χ1) is 18.2. The van der Waals surface area contributed by atoms with E-state index in [0.29, 0.717) is 25.7 Å². The number of benzene rings is 2. The first-order valence-electron chi connectivity index (χ1n) is 13.2. The minimum atomic E-state index is -0.764. The summed E-state index contributed by atoms with van der Waals surface area (Å²) in [4.78, 5) is 41.5. The van der Waals surface area contributed by atoms with Crippen LogP contribution in [0.15, 0.2) is 48.5 Å². The molecule has 2 aromatic rings. The number of hydrogen-bond donors (Lipinski definition) is 4. The molecule has 0 saturated carbocycles. The number of carboxylic acids is 4. The van der Waals surface area contributed by atoms with Crippen LogP contribution >= 0.6 is 0 Å². The molecule has 8 heteroatoms. The molecule has 8 nitrogen and oxygen atoms in total. The standard InChI is InChI=1S/C16H22O4.C14H18O4/c17-15(18)7-3-1-5-13-9-11-14(12-10-13)6-2-4-8-16(19)20;15-13(16)5-1-3-11-7-9-12(10-8-11)4-2-6-14(17)18/h9-12H,1-8H2,(H,17,18)(H,19,20);7-10H,1-6H2,(H,15,16)(H,17,18). The first kappa shape index (κ1) is 32.3. The van der Waals surface area contributed by atoms with Gasteiger partial charge in [-0.2, -0.15) is 0 Å². The van der Waals surface area contributed by atoms with Crippen LogP contribution in [0.3, 0.4) is 0 Å². The Balaban J connectivity index is 0.000000382. The highest BCUT2D eigenvalue weighted by atomic mass is 16.4. The molecular weight excluding hydrogens is 488 g/mol. The highest BCUT2D eigenvalue weighted by molar-refractivity contribution is 5.67. The van der Waals surface area contributed by atoms with Crippen LogP contribution in [0.1, 0.15) is 86.5 Å². The zero-order valence-electron chi connectivity index (χ0n) is 21.9. The summed E-state index contributed by atoms with van der Waals surface area (Å²) in [5, 5.41) is 34.2. The van der Waals surface area contributed by atoms with E-state index in [9.17, 15) is 19.2 Å². The normalized spacial score (nSPS) is 10.3. The Morgan fingerprint density at radius 1 is 0.368 bits per heavy atom. The molecule has 0 fully saturated rings. The molecule has 0 aliphatic rings. The van der Waals surface area contributed by atoms with Crippen molar-refractivity contribution in [3.05, 3.63) is 70.8 Å². The number of unbranched alkanes of at least 4 members (excludes halogenated alkanes) is 2. The highest BCUT2D eigenvalue weighted by Crippen LogP contribution is 2.12. The molecule has 0 aliphatic heterocycles. The van der Waals surface area contributed by atoms with Crippen LogP contribution in [0.2, 0.25) is 0 Å². The molecule has 208 valence electrons. The van der Waals surface area contributed by atoms with Crippen molar-refractivity contribution in [3.63, 3.8) is 0 Å². The van der Waals surface area contributed by atoms with E-state index < -0.39 is 23.9 Å². The number of hydrogen-bond acceptors (Lipinski definition) is 4. The van der Waals surface area contributed by atoms with Gasteiger partial charge in [-0.25, -0.2) is 0 Å². The molecule has 0 aromatic heterocycles. The Morgan fingerprint density at radius 3 is 0.816 bits per heavy atom. The predicted octanol–water partition coefficient (Wildman–Crippen LogP) is 5.78. The van der Waals surface area contributed by atoms with Crippen molar-refractivity contribution < 1.29 is 39.6 Å². The lowest BCUT2D eigenvalue weighted by Crippen LogP contribution is -1.97. The fraction of sp³-hybridized carbons (Fsp3) is 0.467. The highest BCUT2D eigenvalue weighted by Gasteiger charge is 2.02. The van der Waals surface area contributed by atoms with Crippen LogP contribution in [-0.4, -0.2) is 44.3 Å². The summed E-state index contributed by atoms with van der Waals surface area (Å²) in [6, 6.07) is 16.2. The molecule has 0 saturated heterocycles. The van der Waals surface area contributed by atoms with Crippen molar-refractivity contribution in [2.75, 3.05) is 0 Å². The SMILES string of the molecule is O=C(O)CCCCc1ccc(CCCCC(=O)O)cc1.O=C(O)CCCc1ccc(CCCC(=O)O)cc1. The maximum Gasteiger partial charge on any atom is 0.303 e. The Morgan fingerprint density at radius 2 is 0.579 bits per heavy atom. The van der Waals surface area contributed by atoms with Crippen LogP contribution in [0.5, 0.6) is 0 Å². The van der Waals surface area contributed by atoms with Gasteiger partial charge in [0.15, 0.2) is 0 Å². The summed E-state index contributed by atoms with van der Waals surface area (Å²) < 4.78 is 0. The van der Waals surface area contributed by atoms with Gasteiger partial charge >= 0.3 is 23.9 Å². The van der Waals surface area contributed by atoms with Crippen LogP contribution in [0, 0.1) is 0 Å². The van der Waals surface area contributed by atoms with E-state index in [0.717, 1.165) is 49.7 Å². The summed E-state index contributed by atoms with van der Waals surface area (Å²) in [6.45, 7) is 0. The lowest BCUT2D eigenvalue weighted by molar-refractivity contribution is -0.138. The zero-order chi connectivity index (χ0) is 28.2. The third-order valence-electron chi connectivity index (χ3n) is 5.97. The average molecular weight is 529 g/mol. The minimum Gasteiger partial charge on any atom is -0.481 e. The minimum absolute atomic E-state index is 0.195. The summed E-state index contributed by atoms with van der Waals surface area (Å²) in [5.41, 5.74) is 4.70. The molecule has 2 rings (SSSR count). The summed E-state index contributed by atoms with van der Waals surface area (Å²) in [5.74, 6) is -3.00. The molecule has 0 radical (unpaired) electrons. The number of aliphatic carboxylic acids is 4. The average Bonchev–Trinajstić information content (AvgIpc) is 2.86. The second kappa shape index (κ2) is 19.4. The van der Waals surface area contributed by atoms with E-state index >= 15 is 0 Å². The second-order valence-corrected chi connectivity index (χ2v) is 9.33. The van der Waals surface area contributed by atoms with E-state index in [2.05, 4.69) is 24.3 Å². The summed E-state index contributed by atoms with van der Waals surface area (Å²) in [7, 11) is 0. The smallest absolute Gasteiger partial charge is 0.303 e. The molecule has 0 spiro atoms. The quantitative estimate of drug-likeness (QED) is 0.178. The topological polar surface area (TPSA) is 149 Å². The fourth-order valence-electron chi connectivity index (χ4n) is 3.84. The molecule has 0 amide bonds. The molecule has 38 heavy (non-hydrogen) atoms. The Bertz CT molecular complexity index is 900. The Labute approximate surface area is 224 Å². The molecule has 4 N–H and O–H groups in total. The maximum atomic E-state index is 10.4. The molecule has 0 aliphatic carbocycles. The van der Waals surface area contributed by atoms with Gasteiger partial charge in [-0.1, -0.05) is 48.5 Å². The van der Waals surface area contributed by atoms with Crippen molar-refractivity contribution >= 4 is 23.9 Å². The predicted molar refractivity (Wildman–Crippen MR) is 144 cm³/mol. The number of aryl methyl sites for hydroxylation is 4. The van der Waals surface area contributed by atoms with Crippen LogP contribution in [0.25, 0.3) is 0 Å². The van der Waals surface area contributed by atoms with Crippen LogP contribution in [0.4, 0.5) is 0 Å². The van der Waals surface area contributed by atoms with Gasteiger partial charge in [0.2, 0.25) is 0 Å². The first-order valence-corrected chi connectivity index (χ1v) is 13.2. The monoisotopic (exact) mass is 528 g/mol. The van der Waals surface area contributed by atoms with E-state index in [-0.39, 0.29) is 25.7 Å². The molecule has 0 unspecified atom stereocenters. The lowest BCUT2D eigenvalue weighted by atomic mass is 10.0. The van der Waals surface area contributed by atoms with Gasteiger partial charge < -0.3 is 20.4 Å². The van der Waals surface area contributed by atoms with Crippen molar-refractivity contribution in [3.8, 4) is 0 Å². The van der Waals surface area contributed by atoms with E-state index in [1.54, 1.807) is 0 Å². The van der Waals surface area contributed by atoms with Crippen LogP contribution < -0.4 is 0 Å². The van der Waals surface area contributed by atoms with Gasteiger partial charge in [0.1, 0.15) is 0 Å². The van der Waals surface area contributed by atoms with Gasteiger partial charge in [-0.3, -0.25) is 19.2 Å². The fourth-order valence-corrected chi connectivity index (χ4v) is 3.84. The van der Waals surface area contributed by atoms with Gasteiger partial charge in [0.05, 0.1) is 0 Å². The van der Waals surface area contributed by atoms with E-state index in [1.807, 2.05) is 24.3 Å². The zero-order valence-corrected chi connectivity index (χ0v) is 21.9. The van der Waals surface area contributed by atoms with E-state index in [4.69, 9.17) is 20.4 Å². The number of rotatable bonds is 18. The third kappa shape index (κ3) is 17.7. The largest absolute Gasteiger partial charge is 0.481 e. The van der Waals surface area contributed by atoms with Crippen molar-refractivity contribution in [2.24, 2.45) is 0 Å². The molecular formula is C30H40O8. The van der Waals surface area contributed by atoms with Gasteiger partial charge in [-0.15, -0.1) is 0 Å². The Hall–Kier alpha value is -3.68. The van der Waals surface area contributed by atoms with E-state index in [1.165, 1.54) is 11.1 Å². The number of carboxylic acid groups (broad SMARTS) is 4. The third-order valence-corrected chi connectivity index (χ3v) is 5.97. The number of carbonyl (C=O) groups is 4. The van der Waals surface area contributed by atoms with Gasteiger partial charge in [0.25, 0.3) is 0 Å². The van der Waals surface area contributed by atoms with Crippen molar-refractivity contribution in [1.82, 2.24) is 0 Å². The summed E-state index contributed by atoms with van der Waals surface area (Å²) >= 11 is 0. The Kier molecular flexibility index (Phi) is 16.5. The molecule has 0 heterocycles. The molecule has 2 aromatic carbocycles. The van der Waals surface area contributed by atoms with Crippen molar-refractivity contribution in [2.45, 2.75) is 89.9 Å². The van der Waals surface area contributed by atoms with Crippen LogP contribution in [-0.2, 0) is 44.9 Å². The maximum absolute atomic E-state index is 10.4. The lowest BCUT2D eigenvalue weighted by Gasteiger charge is -2.04. The van der Waals surface area contributed by atoms with Gasteiger partial charge in [-0.05, 0) is 86.5 Å². The van der Waals surface area contributed by atoms with Gasteiger partial charge in [0, 0.05) is 25.7 Å². The van der Waals surface area contributed by atoms with Crippen molar-refractivity contribution in [1.29, 1.82) is 0 Å². The molecule has 0 atom stereocenters.